The van der Waals surface area contributed by atoms with E-state index in [0.29, 0.717) is 50.1 Å². The minimum absolute atomic E-state index is 0. The fourth-order valence-electron chi connectivity index (χ4n) is 22.2. The van der Waals surface area contributed by atoms with E-state index in [1.807, 2.05) is 255 Å². The lowest BCUT2D eigenvalue weighted by Gasteiger charge is -2.41. The Labute approximate surface area is 876 Å². The van der Waals surface area contributed by atoms with Crippen LogP contribution in [-0.2, 0) is 37.8 Å². The van der Waals surface area contributed by atoms with E-state index in [-0.39, 0.29) is 17.0 Å². The average Bonchev–Trinajstić information content (AvgIpc) is 1.50. The third-order valence-electron chi connectivity index (χ3n) is 28.1. The molecule has 0 spiro atoms. The number of carboxylic acids is 1. The molecule has 140 heavy (non-hydrogen) atoms. The Morgan fingerprint density at radius 1 is 0.200 bits per heavy atom. The zero-order chi connectivity index (χ0) is 95.4. The molecular formula is C128H89Br7O5. The first-order chi connectivity index (χ1) is 67.8. The van der Waals surface area contributed by atoms with Gasteiger partial charge in [0.05, 0.1) is 16.2 Å². The van der Waals surface area contributed by atoms with Gasteiger partial charge in [-0.3, -0.25) is 4.79 Å². The molecule has 0 saturated heterocycles. The highest BCUT2D eigenvalue weighted by atomic mass is 79.9. The van der Waals surface area contributed by atoms with Gasteiger partial charge in [0.25, 0.3) is 5.97 Å². The van der Waals surface area contributed by atoms with Crippen LogP contribution in [-0.4, -0.2) is 26.4 Å². The van der Waals surface area contributed by atoms with Gasteiger partial charge in [-0.2, -0.15) is 0 Å². The van der Waals surface area contributed by atoms with Gasteiger partial charge >= 0.3 is 0 Å². The van der Waals surface area contributed by atoms with Crippen molar-refractivity contribution in [1.82, 2.24) is 0 Å². The Hall–Kier alpha value is -12.9. The van der Waals surface area contributed by atoms with Gasteiger partial charge in [-0.25, -0.2) is 0 Å². The number of halogens is 7. The third-order valence-corrected chi connectivity index (χ3v) is 31.3. The molecule has 20 aromatic rings. The molecule has 12 heteroatoms. The lowest BCUT2D eigenvalue weighted by molar-refractivity contribution is -0.134. The van der Waals surface area contributed by atoms with Crippen molar-refractivity contribution < 1.29 is 25.2 Å². The predicted molar refractivity (Wildman–Crippen MR) is 596 cm³/mol. The van der Waals surface area contributed by atoms with E-state index in [9.17, 15) is 15.3 Å². The molecule has 0 radical (unpaired) electrons. The monoisotopic (exact) mass is 2260 g/mol. The molecule has 23 rings (SSSR count). The minimum atomic E-state index is -1.88. The molecule has 20 aromatic carbocycles. The Kier molecular flexibility index (Phi) is 26.6. The van der Waals surface area contributed by atoms with Crippen LogP contribution in [0.1, 0.15) is 124 Å². The summed E-state index contributed by atoms with van der Waals surface area (Å²) in [7, 11) is 0. The number of hydrogen-bond donors (Lipinski definition) is 4. The Morgan fingerprint density at radius 3 is 0.564 bits per heavy atom. The topological polar surface area (TPSA) is 98.0 Å². The van der Waals surface area contributed by atoms with E-state index in [4.69, 9.17) is 9.90 Å². The van der Waals surface area contributed by atoms with Gasteiger partial charge in [0.2, 0.25) is 0 Å². The van der Waals surface area contributed by atoms with E-state index in [0.717, 1.165) is 67.1 Å². The molecule has 3 atom stereocenters. The fourth-order valence-corrected chi connectivity index (χ4v) is 23.8. The second-order valence-electron chi connectivity index (χ2n) is 35.5. The molecule has 0 saturated carbocycles. The van der Waals surface area contributed by atoms with Crippen LogP contribution in [0.2, 0.25) is 0 Å². The van der Waals surface area contributed by atoms with Crippen LogP contribution in [0.3, 0.4) is 0 Å². The van der Waals surface area contributed by atoms with Crippen molar-refractivity contribution in [3.05, 3.63) is 635 Å². The van der Waals surface area contributed by atoms with Crippen molar-refractivity contribution in [3.8, 4) is 66.8 Å². The van der Waals surface area contributed by atoms with E-state index < -0.39 is 39.0 Å². The number of carboxylic acid groups (broad SMARTS) is 1. The predicted octanol–water partition coefficient (Wildman–Crippen LogP) is 33.6. The molecule has 3 unspecified atom stereocenters. The lowest BCUT2D eigenvalue weighted by Crippen LogP contribution is -2.36. The normalized spacial score (nSPS) is 14.1. The van der Waals surface area contributed by atoms with Gasteiger partial charge in [-0.15, -0.1) is 17.0 Å². The summed E-state index contributed by atoms with van der Waals surface area (Å²) in [5, 5.41) is 50.5. The van der Waals surface area contributed by atoms with Crippen LogP contribution in [0.5, 0.6) is 0 Å². The molecule has 5 nitrogen and oxygen atoms in total. The van der Waals surface area contributed by atoms with Crippen molar-refractivity contribution in [1.29, 1.82) is 0 Å². The van der Waals surface area contributed by atoms with Crippen molar-refractivity contribution in [2.24, 2.45) is 0 Å². The summed E-state index contributed by atoms with van der Waals surface area (Å²) in [5.74, 6) is -0.833. The van der Waals surface area contributed by atoms with Crippen LogP contribution >= 0.6 is 113 Å². The summed E-state index contributed by atoms with van der Waals surface area (Å²) >= 11 is 22.5. The van der Waals surface area contributed by atoms with Crippen LogP contribution in [0.4, 0.5) is 0 Å². The van der Waals surface area contributed by atoms with Gasteiger partial charge in [0, 0.05) is 50.5 Å². The van der Waals surface area contributed by atoms with E-state index in [1.54, 1.807) is 0 Å². The van der Waals surface area contributed by atoms with Gasteiger partial charge in [-0.1, -0.05) is 496 Å². The number of benzene rings is 20. The molecular weight excluding hydrogens is 2180 g/mol. The molecule has 0 bridgehead atoms. The summed E-state index contributed by atoms with van der Waals surface area (Å²) < 4.78 is 5.71. The third kappa shape index (κ3) is 16.3. The summed E-state index contributed by atoms with van der Waals surface area (Å²) in [6.45, 7) is 1.08. The smallest absolute Gasteiger partial charge is 0.300 e. The summed E-state index contributed by atoms with van der Waals surface area (Å²) in [6.07, 6.45) is 0. The molecule has 0 amide bonds. The van der Waals surface area contributed by atoms with Crippen LogP contribution in [0, 0.1) is 0 Å². The average molecular weight is 2270 g/mol. The Morgan fingerprint density at radius 2 is 0.364 bits per heavy atom. The van der Waals surface area contributed by atoms with Crippen molar-refractivity contribution in [3.63, 3.8) is 0 Å². The van der Waals surface area contributed by atoms with E-state index in [2.05, 4.69) is 332 Å². The Bertz CT molecular complexity index is 7120. The van der Waals surface area contributed by atoms with Crippen LogP contribution in [0.15, 0.2) is 518 Å². The number of aliphatic carboxylic acids is 1. The first-order valence-electron chi connectivity index (χ1n) is 46.1. The summed E-state index contributed by atoms with van der Waals surface area (Å²) in [6, 6.07) is 173. The first kappa shape index (κ1) is 94.7. The molecule has 0 aliphatic heterocycles. The molecule has 0 heterocycles. The highest BCUT2D eigenvalue weighted by Crippen LogP contribution is 2.64. The number of hydrogen-bond acceptors (Lipinski definition) is 4. The fraction of sp³-hybridized carbons (Fsp3) is 0.0547. The van der Waals surface area contributed by atoms with E-state index in [1.165, 1.54) is 100 Å². The summed E-state index contributed by atoms with van der Waals surface area (Å²) in [5.41, 5.74) is 25.1. The molecule has 0 aromatic heterocycles. The second-order valence-corrected chi connectivity index (χ2v) is 41.0. The highest BCUT2D eigenvalue weighted by Gasteiger charge is 2.54. The Balaban J connectivity index is 0.000000165. The number of fused-ring (bicyclic) bond motifs is 9. The maximum absolute atomic E-state index is 14.4. The van der Waals surface area contributed by atoms with Gasteiger partial charge < -0.3 is 20.4 Å². The van der Waals surface area contributed by atoms with Crippen molar-refractivity contribution in [2.75, 3.05) is 0 Å². The molecule has 3 aliphatic carbocycles. The number of aliphatic hydroxyl groups is 3. The van der Waals surface area contributed by atoms with Crippen LogP contribution in [0.25, 0.3) is 66.8 Å². The number of rotatable bonds is 18. The first-order valence-corrected chi connectivity index (χ1v) is 50.8. The maximum atomic E-state index is 14.4. The number of carbonyl (C=O) groups is 1. The maximum Gasteiger partial charge on any atom is 0.300 e. The zero-order valence-electron chi connectivity index (χ0n) is 75.6. The van der Waals surface area contributed by atoms with Crippen molar-refractivity contribution >= 4 is 119 Å². The van der Waals surface area contributed by atoms with Gasteiger partial charge in [0.15, 0.2) is 0 Å². The highest BCUT2D eigenvalue weighted by molar-refractivity contribution is 9.11. The summed E-state index contributed by atoms with van der Waals surface area (Å²) in [4.78, 5) is 9.00. The SMILES string of the molecule is Br.Brc1ccc(C2(c3cc(C4(c5ccc(Br)cc5)c5ccccc5-c5ccccc54)cc(C4(c5ccc(Br)cc5)c5ccccc5-c5ccccc54)c3)c3ccccc3-c3ccccc32)cc1.CC(=O)O.OC(c1ccc(Br)cc1)(c1cc(C(O)(c2ccc(Br)cc2)c2ccccc2-c2ccccc2)cc(C(O)(c2ccc(Br)cc2)c2ccccc2-c2ccccc2)c1)c1ccccc1-c1ccccc1. The minimum Gasteiger partial charge on any atom is -0.481 e. The molecule has 4 N–H and O–H groups in total. The van der Waals surface area contributed by atoms with Crippen molar-refractivity contribution in [2.45, 2.75) is 40.0 Å². The standard InChI is InChI=1S/C63H45Br3O3.C63H39Br3.C2H4O2.BrH/c64-52-34-28-46(29-35-52)61(67,58-25-13-10-22-55(58)43-16-4-1-5-17-43)49-40-50(62(68,47-30-36-53(65)37-31-47)59-26-14-11-23-56(59)44-18-6-2-7-19-44)42-51(41-49)63(69,48-32-38-54(66)39-33-48)60-27-15-12-24-57(60)45-20-8-3-9-21-45;64-46-31-25-40(26-32-46)61(55-19-7-1-13-49(55)50-14-2-8-20-56(50)61)43-37-44(62(41-27-33-47(65)34-28-41)57-21-9-3-15-51(57)52-16-4-10-22-58(52)62)39-45(38-43)63(42-29-35-48(66)36-30-42)59-23-11-5-17-53(59)54-18-6-12-24-60(54)63;1-2(3)4;/h1-42,67-69H;1-39H;1H3,(H,3,4);1H. The molecule has 3 aliphatic rings. The van der Waals surface area contributed by atoms with Gasteiger partial charge in [0.1, 0.15) is 16.8 Å². The molecule has 0 fully saturated rings. The molecule has 680 valence electrons. The van der Waals surface area contributed by atoms with E-state index >= 15 is 0 Å². The second kappa shape index (κ2) is 39.3. The largest absolute Gasteiger partial charge is 0.481 e. The zero-order valence-corrected chi connectivity index (χ0v) is 86.9. The quantitative estimate of drug-likeness (QED) is 0.0642. The van der Waals surface area contributed by atoms with Crippen LogP contribution < -0.4 is 0 Å². The lowest BCUT2D eigenvalue weighted by atomic mass is 9.60. The van der Waals surface area contributed by atoms with Gasteiger partial charge in [-0.05, 0) is 258 Å².